The number of hydrogen-bond acceptors (Lipinski definition) is 3. The number of carbonyl (C=O) groups excluding carboxylic acids is 1. The van der Waals surface area contributed by atoms with Crippen LogP contribution in [-0.2, 0) is 16.4 Å². The number of anilines is 2. The third-order valence-electron chi connectivity index (χ3n) is 4.89. The molecule has 1 aliphatic heterocycles. The fourth-order valence-electron chi connectivity index (χ4n) is 3.47. The molecule has 5 nitrogen and oxygen atoms in total. The van der Waals surface area contributed by atoms with E-state index in [-0.39, 0.29) is 10.8 Å². The van der Waals surface area contributed by atoms with Crippen LogP contribution in [0.4, 0.5) is 11.4 Å². The van der Waals surface area contributed by atoms with Crippen molar-refractivity contribution in [2.45, 2.75) is 17.7 Å². The van der Waals surface area contributed by atoms with Gasteiger partial charge in [-0.05, 0) is 79.1 Å². The molecule has 4 rings (SSSR count). The van der Waals surface area contributed by atoms with E-state index in [1.807, 2.05) is 6.07 Å². The van der Waals surface area contributed by atoms with Gasteiger partial charge in [-0.2, -0.15) is 0 Å². The fourth-order valence-corrected chi connectivity index (χ4v) is 5.09. The summed E-state index contributed by atoms with van der Waals surface area (Å²) in [4.78, 5) is 14.8. The maximum Gasteiger partial charge on any atom is 0.261 e. The van der Waals surface area contributed by atoms with Gasteiger partial charge >= 0.3 is 0 Å². The third kappa shape index (κ3) is 4.38. The molecule has 1 amide bonds. The molecule has 0 aromatic heterocycles. The van der Waals surface area contributed by atoms with Crippen LogP contribution >= 0.6 is 27.5 Å². The second-order valence-corrected chi connectivity index (χ2v) is 10.0. The molecule has 3 aromatic carbocycles. The van der Waals surface area contributed by atoms with Crippen LogP contribution in [0.15, 0.2) is 76.1 Å². The van der Waals surface area contributed by atoms with E-state index >= 15 is 0 Å². The predicted molar refractivity (Wildman–Crippen MR) is 123 cm³/mol. The Morgan fingerprint density at radius 3 is 2.53 bits per heavy atom. The van der Waals surface area contributed by atoms with Crippen molar-refractivity contribution < 1.29 is 13.2 Å². The van der Waals surface area contributed by atoms with Crippen LogP contribution in [0.3, 0.4) is 0 Å². The molecule has 0 unspecified atom stereocenters. The van der Waals surface area contributed by atoms with Gasteiger partial charge in [0.05, 0.1) is 4.90 Å². The Kier molecular flexibility index (Phi) is 5.86. The van der Waals surface area contributed by atoms with Crippen molar-refractivity contribution in [1.29, 1.82) is 0 Å². The Bertz CT molecular complexity index is 1210. The van der Waals surface area contributed by atoms with E-state index in [2.05, 4.69) is 20.7 Å². The predicted octanol–water partition coefficient (Wildman–Crippen LogP) is 5.50. The molecule has 1 N–H and O–H groups in total. The number of amides is 1. The van der Waals surface area contributed by atoms with E-state index < -0.39 is 10.0 Å². The first-order valence-electron chi connectivity index (χ1n) is 9.32. The average molecular weight is 506 g/mol. The highest BCUT2D eigenvalue weighted by Crippen LogP contribution is 2.31. The molecule has 1 aliphatic rings. The lowest BCUT2D eigenvalue weighted by Crippen LogP contribution is -2.35. The van der Waals surface area contributed by atoms with Crippen molar-refractivity contribution in [3.63, 3.8) is 0 Å². The Morgan fingerprint density at radius 1 is 1.03 bits per heavy atom. The van der Waals surface area contributed by atoms with E-state index in [9.17, 15) is 13.2 Å². The first kappa shape index (κ1) is 20.9. The maximum absolute atomic E-state index is 13.0. The number of rotatable bonds is 4. The Morgan fingerprint density at radius 2 is 1.80 bits per heavy atom. The smallest absolute Gasteiger partial charge is 0.261 e. The molecule has 0 aliphatic carbocycles. The number of benzene rings is 3. The van der Waals surface area contributed by atoms with Crippen molar-refractivity contribution in [3.05, 3.63) is 87.4 Å². The first-order valence-corrected chi connectivity index (χ1v) is 12.0. The summed E-state index contributed by atoms with van der Waals surface area (Å²) in [5, 5.41) is 0.568. The van der Waals surface area contributed by atoms with E-state index in [0.717, 1.165) is 22.1 Å². The van der Waals surface area contributed by atoms with E-state index in [4.69, 9.17) is 11.6 Å². The number of hydrogen-bond donors (Lipinski definition) is 1. The van der Waals surface area contributed by atoms with Gasteiger partial charge in [-0.3, -0.25) is 9.52 Å². The van der Waals surface area contributed by atoms with Gasteiger partial charge in [-0.15, -0.1) is 0 Å². The number of aryl methyl sites for hydroxylation is 1. The summed E-state index contributed by atoms with van der Waals surface area (Å²) < 4.78 is 29.1. The van der Waals surface area contributed by atoms with Gasteiger partial charge in [0.1, 0.15) is 0 Å². The molecule has 0 fully saturated rings. The van der Waals surface area contributed by atoms with Crippen molar-refractivity contribution in [2.24, 2.45) is 0 Å². The SMILES string of the molecule is O=C(c1ccc(Cl)cc1)N1CCCc2cc(S(=O)(=O)Nc3cccc(Br)c3)ccc21. The normalized spacial score (nSPS) is 13.6. The quantitative estimate of drug-likeness (QED) is 0.509. The van der Waals surface area contributed by atoms with Crippen LogP contribution in [0.25, 0.3) is 0 Å². The second kappa shape index (κ2) is 8.41. The summed E-state index contributed by atoms with van der Waals surface area (Å²) in [6, 6.07) is 18.6. The molecule has 8 heteroatoms. The lowest BCUT2D eigenvalue weighted by Gasteiger charge is -2.30. The zero-order chi connectivity index (χ0) is 21.3. The molecule has 30 heavy (non-hydrogen) atoms. The first-order chi connectivity index (χ1) is 14.3. The van der Waals surface area contributed by atoms with Crippen LogP contribution in [0.2, 0.25) is 5.02 Å². The van der Waals surface area contributed by atoms with Crippen LogP contribution in [0.1, 0.15) is 22.3 Å². The van der Waals surface area contributed by atoms with Gasteiger partial charge < -0.3 is 4.90 Å². The fraction of sp³-hybridized carbons (Fsp3) is 0.136. The number of carbonyl (C=O) groups is 1. The van der Waals surface area contributed by atoms with Gasteiger partial charge in [0.2, 0.25) is 0 Å². The summed E-state index contributed by atoms with van der Waals surface area (Å²) in [6.07, 6.45) is 1.47. The standard InChI is InChI=1S/C22H18BrClN2O3S/c23-17-4-1-5-19(14-17)25-30(28,29)20-10-11-21-16(13-20)3-2-12-26(21)22(27)15-6-8-18(24)9-7-15/h1,4-11,13-14,25H,2-3,12H2. The van der Waals surface area contributed by atoms with Crippen LogP contribution in [-0.4, -0.2) is 20.9 Å². The zero-order valence-electron chi connectivity index (χ0n) is 15.8. The zero-order valence-corrected chi connectivity index (χ0v) is 19.0. The van der Waals surface area contributed by atoms with Crippen LogP contribution < -0.4 is 9.62 Å². The molecular formula is C22H18BrClN2O3S. The summed E-state index contributed by atoms with van der Waals surface area (Å²) in [7, 11) is -3.75. The molecule has 154 valence electrons. The van der Waals surface area contributed by atoms with Crippen molar-refractivity contribution in [1.82, 2.24) is 0 Å². The molecule has 0 bridgehead atoms. The van der Waals surface area contributed by atoms with Crippen molar-refractivity contribution in [3.8, 4) is 0 Å². The Balaban J connectivity index is 1.63. The lowest BCUT2D eigenvalue weighted by molar-refractivity contribution is 0.0985. The van der Waals surface area contributed by atoms with Crippen LogP contribution in [0.5, 0.6) is 0 Å². The number of sulfonamides is 1. The van der Waals surface area contributed by atoms with Gasteiger partial charge in [-0.25, -0.2) is 8.42 Å². The molecule has 0 radical (unpaired) electrons. The molecule has 1 heterocycles. The van der Waals surface area contributed by atoms with Gasteiger partial charge in [0, 0.05) is 33.0 Å². The summed E-state index contributed by atoms with van der Waals surface area (Å²) in [5.41, 5.74) is 2.59. The van der Waals surface area contributed by atoms with Gasteiger partial charge in [0.25, 0.3) is 15.9 Å². The molecule has 0 saturated heterocycles. The average Bonchev–Trinajstić information content (AvgIpc) is 2.72. The van der Waals surface area contributed by atoms with E-state index in [0.29, 0.717) is 29.2 Å². The Labute approximate surface area is 188 Å². The second-order valence-electron chi connectivity index (χ2n) is 6.97. The molecular weight excluding hydrogens is 488 g/mol. The number of halogens is 2. The number of fused-ring (bicyclic) bond motifs is 1. The minimum atomic E-state index is -3.75. The van der Waals surface area contributed by atoms with E-state index in [1.54, 1.807) is 59.5 Å². The van der Waals surface area contributed by atoms with Crippen LogP contribution in [0, 0.1) is 0 Å². The minimum absolute atomic E-state index is 0.129. The lowest BCUT2D eigenvalue weighted by atomic mass is 10.0. The molecule has 0 saturated carbocycles. The van der Waals surface area contributed by atoms with E-state index in [1.165, 1.54) is 6.07 Å². The summed E-state index contributed by atoms with van der Waals surface area (Å²) in [5.74, 6) is -0.129. The van der Waals surface area contributed by atoms with Gasteiger partial charge in [-0.1, -0.05) is 33.6 Å². The Hall–Kier alpha value is -2.35. The minimum Gasteiger partial charge on any atom is -0.308 e. The highest BCUT2D eigenvalue weighted by atomic mass is 79.9. The molecule has 3 aromatic rings. The summed E-state index contributed by atoms with van der Waals surface area (Å²) >= 11 is 9.26. The monoisotopic (exact) mass is 504 g/mol. The summed E-state index contributed by atoms with van der Waals surface area (Å²) in [6.45, 7) is 0.580. The third-order valence-corrected chi connectivity index (χ3v) is 7.02. The van der Waals surface area contributed by atoms with Crippen molar-refractivity contribution >= 4 is 54.8 Å². The highest BCUT2D eigenvalue weighted by molar-refractivity contribution is 9.10. The van der Waals surface area contributed by atoms with Crippen molar-refractivity contribution in [2.75, 3.05) is 16.2 Å². The topological polar surface area (TPSA) is 66.5 Å². The largest absolute Gasteiger partial charge is 0.308 e. The molecule has 0 atom stereocenters. The molecule has 0 spiro atoms. The highest BCUT2D eigenvalue weighted by Gasteiger charge is 2.25. The maximum atomic E-state index is 13.0. The van der Waals surface area contributed by atoms with Gasteiger partial charge in [0.15, 0.2) is 0 Å². The number of nitrogens with one attached hydrogen (secondary N) is 1. The number of nitrogens with zero attached hydrogens (tertiary/aromatic N) is 1.